The van der Waals surface area contributed by atoms with E-state index in [1.54, 1.807) is 18.2 Å². The first kappa shape index (κ1) is 19.3. The summed E-state index contributed by atoms with van der Waals surface area (Å²) >= 11 is 0. The average molecular weight is 372 g/mol. The maximum Gasteiger partial charge on any atom is 0.160 e. The van der Waals surface area contributed by atoms with Crippen molar-refractivity contribution in [1.82, 2.24) is 0 Å². The molecule has 2 fully saturated rings. The van der Waals surface area contributed by atoms with Gasteiger partial charge in [0.2, 0.25) is 0 Å². The Bertz CT molecular complexity index is 711. The zero-order valence-electron chi connectivity index (χ0n) is 15.7. The number of carbonyl (C=O) groups excluding carboxylic acids is 4. The third-order valence-electron chi connectivity index (χ3n) is 5.59. The van der Waals surface area contributed by atoms with Crippen molar-refractivity contribution < 1.29 is 28.7 Å². The van der Waals surface area contributed by atoms with Crippen LogP contribution >= 0.6 is 0 Å². The van der Waals surface area contributed by atoms with Gasteiger partial charge in [-0.25, -0.2) is 0 Å². The molecule has 0 bridgehead atoms. The van der Waals surface area contributed by atoms with Crippen molar-refractivity contribution in [3.8, 4) is 11.5 Å². The fraction of sp³-hybridized carbons (Fsp3) is 0.524. The first-order valence-electron chi connectivity index (χ1n) is 9.30. The van der Waals surface area contributed by atoms with E-state index in [9.17, 15) is 19.2 Å². The number of hydrogen-bond donors (Lipinski definition) is 0. The lowest BCUT2D eigenvalue weighted by Crippen LogP contribution is -2.43. The van der Waals surface area contributed by atoms with Gasteiger partial charge in [0.1, 0.15) is 23.1 Å². The van der Waals surface area contributed by atoms with Crippen molar-refractivity contribution in [1.29, 1.82) is 0 Å². The number of ketones is 4. The molecule has 2 aliphatic rings. The molecule has 6 heteroatoms. The molecule has 0 aromatic heterocycles. The minimum Gasteiger partial charge on any atom is -0.493 e. The van der Waals surface area contributed by atoms with E-state index in [0.29, 0.717) is 55.6 Å². The number of Topliss-reactive ketones (excluding diaryl/α,β-unsaturated/α-hetero) is 4. The largest absolute Gasteiger partial charge is 0.493 e. The van der Waals surface area contributed by atoms with Gasteiger partial charge in [-0.2, -0.15) is 0 Å². The van der Waals surface area contributed by atoms with E-state index in [1.807, 2.05) is 0 Å². The smallest absolute Gasteiger partial charge is 0.160 e. The van der Waals surface area contributed by atoms with Gasteiger partial charge in [0.05, 0.1) is 26.1 Å². The maximum atomic E-state index is 12.7. The molecule has 1 aromatic carbocycles. The minimum absolute atomic E-state index is 0.183. The van der Waals surface area contributed by atoms with Crippen LogP contribution in [0.1, 0.15) is 50.0 Å². The molecule has 1 aromatic rings. The van der Waals surface area contributed by atoms with E-state index < -0.39 is 17.8 Å². The zero-order chi connectivity index (χ0) is 19.6. The second kappa shape index (κ2) is 8.03. The van der Waals surface area contributed by atoms with Crippen LogP contribution in [0.25, 0.3) is 0 Å². The molecule has 2 aliphatic carbocycles. The predicted molar refractivity (Wildman–Crippen MR) is 97.0 cm³/mol. The summed E-state index contributed by atoms with van der Waals surface area (Å²) in [4.78, 5) is 50.6. The van der Waals surface area contributed by atoms with Crippen molar-refractivity contribution in [3.05, 3.63) is 23.8 Å². The van der Waals surface area contributed by atoms with E-state index >= 15 is 0 Å². The summed E-state index contributed by atoms with van der Waals surface area (Å²) in [7, 11) is 3.00. The van der Waals surface area contributed by atoms with Gasteiger partial charge >= 0.3 is 0 Å². The van der Waals surface area contributed by atoms with Crippen molar-refractivity contribution in [2.75, 3.05) is 14.2 Å². The summed E-state index contributed by atoms with van der Waals surface area (Å²) in [5, 5.41) is 0. The second-order valence-electron chi connectivity index (χ2n) is 7.17. The first-order chi connectivity index (χ1) is 13.0. The predicted octanol–water partition coefficient (Wildman–Crippen LogP) is 2.66. The van der Waals surface area contributed by atoms with Crippen LogP contribution in [0, 0.1) is 11.8 Å². The third kappa shape index (κ3) is 3.66. The normalized spacial score (nSPS) is 19.7. The van der Waals surface area contributed by atoms with Crippen LogP contribution in [-0.2, 0) is 19.2 Å². The standard InChI is InChI=1S/C21H24O6/c1-26-17-10-9-12(11-18(17)27-2)19(20-13(22)5-3-6-14(20)23)21-15(24)7-4-8-16(21)25/h9-11,19-21H,3-8H2,1-2H3. The monoisotopic (exact) mass is 372 g/mol. The molecule has 27 heavy (non-hydrogen) atoms. The van der Waals surface area contributed by atoms with Gasteiger partial charge in [0, 0.05) is 31.6 Å². The summed E-state index contributed by atoms with van der Waals surface area (Å²) in [6.45, 7) is 0. The number of carbonyl (C=O) groups is 4. The number of methoxy groups -OCH3 is 2. The maximum absolute atomic E-state index is 12.7. The van der Waals surface area contributed by atoms with Crippen molar-refractivity contribution in [3.63, 3.8) is 0 Å². The van der Waals surface area contributed by atoms with E-state index in [1.165, 1.54) is 14.2 Å². The number of hydrogen-bond acceptors (Lipinski definition) is 6. The van der Waals surface area contributed by atoms with Crippen molar-refractivity contribution in [2.45, 2.75) is 44.4 Å². The number of ether oxygens (including phenoxy) is 2. The number of rotatable bonds is 5. The molecular weight excluding hydrogens is 348 g/mol. The Hall–Kier alpha value is -2.50. The molecule has 2 saturated carbocycles. The topological polar surface area (TPSA) is 86.7 Å². The van der Waals surface area contributed by atoms with Crippen molar-refractivity contribution >= 4 is 23.1 Å². The Labute approximate surface area is 158 Å². The highest BCUT2D eigenvalue weighted by molar-refractivity contribution is 6.10. The SMILES string of the molecule is COc1ccc(C(C2C(=O)CCCC2=O)C2C(=O)CCCC2=O)cc1OC. The molecule has 0 amide bonds. The second-order valence-corrected chi connectivity index (χ2v) is 7.17. The summed E-state index contributed by atoms with van der Waals surface area (Å²) in [5.74, 6) is -2.47. The van der Waals surface area contributed by atoms with Crippen LogP contribution in [0.4, 0.5) is 0 Å². The highest BCUT2D eigenvalue weighted by Gasteiger charge is 2.47. The molecule has 144 valence electrons. The summed E-state index contributed by atoms with van der Waals surface area (Å²) in [6.07, 6.45) is 2.26. The van der Waals surface area contributed by atoms with E-state index in [2.05, 4.69) is 0 Å². The Kier molecular flexibility index (Phi) is 5.73. The van der Waals surface area contributed by atoms with E-state index in [0.717, 1.165) is 0 Å². The Morgan fingerprint density at radius 2 is 1.19 bits per heavy atom. The molecule has 0 radical (unpaired) electrons. The highest BCUT2D eigenvalue weighted by atomic mass is 16.5. The summed E-state index contributed by atoms with van der Waals surface area (Å²) in [6, 6.07) is 5.07. The van der Waals surface area contributed by atoms with Crippen LogP contribution in [0.2, 0.25) is 0 Å². The molecule has 0 unspecified atom stereocenters. The van der Waals surface area contributed by atoms with Gasteiger partial charge in [0.15, 0.2) is 11.5 Å². The van der Waals surface area contributed by atoms with E-state index in [-0.39, 0.29) is 23.1 Å². The van der Waals surface area contributed by atoms with Gasteiger partial charge in [-0.3, -0.25) is 19.2 Å². The molecule has 0 N–H and O–H groups in total. The van der Waals surface area contributed by atoms with Gasteiger partial charge in [-0.05, 0) is 30.5 Å². The summed E-state index contributed by atoms with van der Waals surface area (Å²) < 4.78 is 10.6. The summed E-state index contributed by atoms with van der Waals surface area (Å²) in [5.41, 5.74) is 0.592. The lowest BCUT2D eigenvalue weighted by Gasteiger charge is -2.34. The number of benzene rings is 1. The van der Waals surface area contributed by atoms with Crippen LogP contribution in [0.15, 0.2) is 18.2 Å². The van der Waals surface area contributed by atoms with Gasteiger partial charge in [0.25, 0.3) is 0 Å². The van der Waals surface area contributed by atoms with Gasteiger partial charge in [-0.15, -0.1) is 0 Å². The lowest BCUT2D eigenvalue weighted by molar-refractivity contribution is -0.141. The van der Waals surface area contributed by atoms with Crippen molar-refractivity contribution in [2.24, 2.45) is 11.8 Å². The minimum atomic E-state index is -0.951. The average Bonchev–Trinajstić information content (AvgIpc) is 2.65. The quantitative estimate of drug-likeness (QED) is 0.739. The molecule has 6 nitrogen and oxygen atoms in total. The zero-order valence-corrected chi connectivity index (χ0v) is 15.7. The lowest BCUT2D eigenvalue weighted by atomic mass is 9.65. The van der Waals surface area contributed by atoms with E-state index in [4.69, 9.17) is 9.47 Å². The van der Waals surface area contributed by atoms with Crippen LogP contribution in [-0.4, -0.2) is 37.4 Å². The van der Waals surface area contributed by atoms with Gasteiger partial charge in [-0.1, -0.05) is 6.07 Å². The Balaban J connectivity index is 2.12. The first-order valence-corrected chi connectivity index (χ1v) is 9.30. The molecule has 0 atom stereocenters. The Morgan fingerprint density at radius 1 is 0.741 bits per heavy atom. The molecule has 0 aliphatic heterocycles. The fourth-order valence-corrected chi connectivity index (χ4v) is 4.29. The third-order valence-corrected chi connectivity index (χ3v) is 5.59. The molecule has 0 spiro atoms. The molecule has 0 saturated heterocycles. The molecule has 0 heterocycles. The molecule has 3 rings (SSSR count). The highest BCUT2D eigenvalue weighted by Crippen LogP contribution is 2.43. The Morgan fingerprint density at radius 3 is 1.59 bits per heavy atom. The van der Waals surface area contributed by atoms with Crippen LogP contribution < -0.4 is 9.47 Å². The van der Waals surface area contributed by atoms with Gasteiger partial charge < -0.3 is 9.47 Å². The van der Waals surface area contributed by atoms with Crippen LogP contribution in [0.5, 0.6) is 11.5 Å². The molecular formula is C21H24O6. The fourth-order valence-electron chi connectivity index (χ4n) is 4.29. The van der Waals surface area contributed by atoms with Crippen LogP contribution in [0.3, 0.4) is 0 Å².